The first-order valence-electron chi connectivity index (χ1n) is 24.3. The highest BCUT2D eigenvalue weighted by atomic mass is 31.2. The van der Waals surface area contributed by atoms with Crippen LogP contribution in [0.4, 0.5) is 0 Å². The van der Waals surface area contributed by atoms with E-state index in [-0.39, 0.29) is 12.8 Å². The van der Waals surface area contributed by atoms with Crippen molar-refractivity contribution in [2.75, 3.05) is 13.2 Å². The minimum atomic E-state index is -5.14. The molecule has 0 aromatic heterocycles. The van der Waals surface area contributed by atoms with Crippen LogP contribution in [-0.4, -0.2) is 98.3 Å². The van der Waals surface area contributed by atoms with Crippen LogP contribution in [0, 0.1) is 0 Å². The van der Waals surface area contributed by atoms with Gasteiger partial charge in [-0.05, 0) is 51.4 Å². The Morgan fingerprint density at radius 2 is 0.922 bits per heavy atom. The number of unbranched alkanes of at least 4 members (excludes halogenated alkanes) is 19. The number of aliphatic hydroxyl groups is 5. The van der Waals surface area contributed by atoms with Crippen LogP contribution < -0.4 is 0 Å². The molecule has 0 radical (unpaired) electrons. The summed E-state index contributed by atoms with van der Waals surface area (Å²) in [6, 6.07) is 0. The average molecular weight is 925 g/mol. The van der Waals surface area contributed by atoms with E-state index in [1.54, 1.807) is 0 Å². The molecule has 1 fully saturated rings. The number of esters is 2. The maximum Gasteiger partial charge on any atom is 0.472 e. The van der Waals surface area contributed by atoms with E-state index in [0.29, 0.717) is 19.3 Å². The van der Waals surface area contributed by atoms with Crippen LogP contribution in [-0.2, 0) is 32.7 Å². The number of hydrogen-bond acceptors (Lipinski definition) is 12. The lowest BCUT2D eigenvalue weighted by molar-refractivity contribution is -0.220. The molecule has 1 rings (SSSR count). The molecule has 1 aliphatic rings. The lowest BCUT2D eigenvalue weighted by Crippen LogP contribution is -2.64. The molecular formula is C50H85O13P. The molecule has 0 heterocycles. The van der Waals surface area contributed by atoms with Crippen LogP contribution >= 0.6 is 7.82 Å². The van der Waals surface area contributed by atoms with Gasteiger partial charge in [-0.2, -0.15) is 0 Å². The summed E-state index contributed by atoms with van der Waals surface area (Å²) in [6.07, 6.45) is 37.0. The summed E-state index contributed by atoms with van der Waals surface area (Å²) in [6.45, 7) is 3.09. The van der Waals surface area contributed by atoms with Gasteiger partial charge in [0.1, 0.15) is 43.2 Å². The van der Waals surface area contributed by atoms with Crippen molar-refractivity contribution in [2.45, 2.75) is 217 Å². The van der Waals surface area contributed by atoms with Crippen molar-refractivity contribution in [3.8, 4) is 0 Å². The van der Waals surface area contributed by atoms with Gasteiger partial charge in [0, 0.05) is 12.8 Å². The minimum Gasteiger partial charge on any atom is -0.462 e. The highest BCUT2D eigenvalue weighted by Gasteiger charge is 2.51. The van der Waals surface area contributed by atoms with E-state index >= 15 is 0 Å². The number of phosphoric ester groups is 1. The minimum absolute atomic E-state index is 0.00347. The van der Waals surface area contributed by atoms with Gasteiger partial charge in [0.15, 0.2) is 6.10 Å². The third-order valence-electron chi connectivity index (χ3n) is 10.9. The van der Waals surface area contributed by atoms with Crippen molar-refractivity contribution < 1.29 is 63.1 Å². The number of rotatable bonds is 39. The zero-order valence-corrected chi connectivity index (χ0v) is 39.9. The second-order valence-corrected chi connectivity index (χ2v) is 18.1. The van der Waals surface area contributed by atoms with Crippen LogP contribution in [0.3, 0.4) is 0 Å². The fourth-order valence-electron chi connectivity index (χ4n) is 7.02. The van der Waals surface area contributed by atoms with Gasteiger partial charge in [-0.1, -0.05) is 183 Å². The summed E-state index contributed by atoms with van der Waals surface area (Å²) in [5.74, 6) is -1.19. The number of phosphoric acid groups is 1. The SMILES string of the molecule is CC/C=C/C=C/C=C/C=C/C=C/CCCC(=O)OC(COC(=O)CCCCCCCCC/C=C/CCCCCCCCCCCCC)COP(=O)(O)OC1C(O)C(O)C(O)[C@H](O)C1O. The number of carbonyl (C=O) groups is 2. The molecule has 64 heavy (non-hydrogen) atoms. The topological polar surface area (TPSA) is 210 Å². The normalized spacial score (nSPS) is 22.2. The predicted molar refractivity (Wildman–Crippen MR) is 253 cm³/mol. The molecule has 7 unspecified atom stereocenters. The number of ether oxygens (including phenoxy) is 2. The van der Waals surface area contributed by atoms with Crippen molar-refractivity contribution in [1.29, 1.82) is 0 Å². The summed E-state index contributed by atoms with van der Waals surface area (Å²) < 4.78 is 33.4. The number of carbonyl (C=O) groups excluding carboxylic acids is 2. The zero-order chi connectivity index (χ0) is 47.1. The van der Waals surface area contributed by atoms with E-state index in [9.17, 15) is 44.6 Å². The van der Waals surface area contributed by atoms with Crippen LogP contribution in [0.25, 0.3) is 0 Å². The Balaban J connectivity index is 2.42. The second-order valence-electron chi connectivity index (χ2n) is 16.7. The predicted octanol–water partition coefficient (Wildman–Crippen LogP) is 9.89. The Labute approximate surface area is 385 Å². The highest BCUT2D eigenvalue weighted by Crippen LogP contribution is 2.47. The molecule has 0 bridgehead atoms. The Morgan fingerprint density at radius 1 is 0.500 bits per heavy atom. The smallest absolute Gasteiger partial charge is 0.462 e. The van der Waals surface area contributed by atoms with Gasteiger partial charge in [0.2, 0.25) is 0 Å². The van der Waals surface area contributed by atoms with E-state index in [4.69, 9.17) is 18.5 Å². The summed E-state index contributed by atoms with van der Waals surface area (Å²) in [5.41, 5.74) is 0. The summed E-state index contributed by atoms with van der Waals surface area (Å²) in [4.78, 5) is 35.7. The maximum absolute atomic E-state index is 12.8. The Kier molecular flexibility index (Phi) is 36.6. The molecule has 368 valence electrons. The van der Waals surface area contributed by atoms with E-state index < -0.39 is 75.7 Å². The first kappa shape index (κ1) is 59.3. The molecule has 14 heteroatoms. The molecule has 0 aromatic carbocycles. The van der Waals surface area contributed by atoms with Crippen molar-refractivity contribution in [3.05, 3.63) is 72.9 Å². The Hall–Kier alpha value is -2.71. The monoisotopic (exact) mass is 925 g/mol. The van der Waals surface area contributed by atoms with Crippen molar-refractivity contribution in [2.24, 2.45) is 0 Å². The fourth-order valence-corrected chi connectivity index (χ4v) is 7.99. The maximum atomic E-state index is 12.8. The molecule has 0 amide bonds. The molecule has 6 N–H and O–H groups in total. The quantitative estimate of drug-likeness (QED) is 0.0112. The van der Waals surface area contributed by atoms with Gasteiger partial charge in [0.25, 0.3) is 0 Å². The first-order valence-corrected chi connectivity index (χ1v) is 25.8. The summed E-state index contributed by atoms with van der Waals surface area (Å²) in [5, 5.41) is 50.1. The van der Waals surface area contributed by atoms with Crippen LogP contribution in [0.2, 0.25) is 0 Å². The van der Waals surface area contributed by atoms with E-state index in [2.05, 4.69) is 32.1 Å². The van der Waals surface area contributed by atoms with E-state index in [1.165, 1.54) is 89.9 Å². The molecule has 0 spiro atoms. The van der Waals surface area contributed by atoms with E-state index in [1.807, 2.05) is 54.7 Å². The molecule has 1 aliphatic carbocycles. The molecule has 8 atom stereocenters. The molecule has 0 aliphatic heterocycles. The number of aliphatic hydroxyl groups excluding tert-OH is 5. The third-order valence-corrected chi connectivity index (χ3v) is 11.9. The molecule has 0 aromatic rings. The first-order chi connectivity index (χ1) is 30.9. The number of hydrogen-bond donors (Lipinski definition) is 6. The molecule has 0 saturated heterocycles. The highest BCUT2D eigenvalue weighted by molar-refractivity contribution is 7.47. The molecular weight excluding hydrogens is 840 g/mol. The van der Waals surface area contributed by atoms with E-state index in [0.717, 1.165) is 38.5 Å². The summed E-state index contributed by atoms with van der Waals surface area (Å²) in [7, 11) is -5.14. The van der Waals surface area contributed by atoms with Crippen molar-refractivity contribution >= 4 is 19.8 Å². The van der Waals surface area contributed by atoms with Gasteiger partial charge in [-0.15, -0.1) is 0 Å². The third kappa shape index (κ3) is 31.2. The van der Waals surface area contributed by atoms with Gasteiger partial charge in [0.05, 0.1) is 6.61 Å². The van der Waals surface area contributed by atoms with Gasteiger partial charge in [-0.3, -0.25) is 18.6 Å². The zero-order valence-electron chi connectivity index (χ0n) is 39.0. The lowest BCUT2D eigenvalue weighted by atomic mass is 9.85. The van der Waals surface area contributed by atoms with Gasteiger partial charge in [-0.25, -0.2) is 4.57 Å². The Morgan fingerprint density at radius 3 is 1.44 bits per heavy atom. The average Bonchev–Trinajstić information content (AvgIpc) is 3.28. The number of allylic oxidation sites excluding steroid dienone is 12. The standard InChI is InChI=1S/C50H85O13P/c1-3-5-7-9-11-13-15-17-18-19-20-21-22-23-24-25-27-28-30-32-34-36-38-43(51)60-40-42(41-61-64(58,59)63-50-48(56)46(54)45(53)47(55)49(50)57)62-44(52)39-37-35-33-31-29-26-16-14-12-10-8-6-4-2/h6,8,10,12,14,16,22-23,26,29,31,33,42,45-50,53-57H,3-5,7,9,11,13,15,17-21,24-25,27-28,30,32,34-41H2,1-2H3,(H,58,59)/b8-6+,12-10+,16-14+,23-22+,29-26+,33-31+/t42?,45?,46-,47?,48?,49?,50?/m0/s1. The largest absolute Gasteiger partial charge is 0.472 e. The van der Waals surface area contributed by atoms with Crippen LogP contribution in [0.15, 0.2) is 72.9 Å². The Bertz CT molecular complexity index is 1390. The lowest BCUT2D eigenvalue weighted by Gasteiger charge is -2.41. The van der Waals surface area contributed by atoms with Crippen LogP contribution in [0.5, 0.6) is 0 Å². The van der Waals surface area contributed by atoms with Crippen molar-refractivity contribution in [1.82, 2.24) is 0 Å². The van der Waals surface area contributed by atoms with Crippen molar-refractivity contribution in [3.63, 3.8) is 0 Å². The molecule has 1 saturated carbocycles. The molecule has 13 nitrogen and oxygen atoms in total. The van der Waals surface area contributed by atoms with Crippen LogP contribution in [0.1, 0.15) is 174 Å². The van der Waals surface area contributed by atoms with Gasteiger partial charge >= 0.3 is 19.8 Å². The summed E-state index contributed by atoms with van der Waals surface area (Å²) >= 11 is 0. The van der Waals surface area contributed by atoms with Gasteiger partial charge < -0.3 is 39.9 Å². The second kappa shape index (κ2) is 39.5. The fraction of sp³-hybridized carbons (Fsp3) is 0.720.